The van der Waals surface area contributed by atoms with Crippen LogP contribution < -0.4 is 0 Å². The molecule has 2 heterocycles. The molecule has 1 aromatic carbocycles. The lowest BCUT2D eigenvalue weighted by Crippen LogP contribution is -2.10. The number of aromatic nitrogens is 3. The van der Waals surface area contributed by atoms with Crippen LogP contribution in [0.4, 0.5) is 4.39 Å². The molecule has 7 heteroatoms. The quantitative estimate of drug-likeness (QED) is 0.900. The van der Waals surface area contributed by atoms with E-state index in [1.165, 1.54) is 12.1 Å². The molecule has 94 valence electrons. The van der Waals surface area contributed by atoms with Gasteiger partial charge in [0.25, 0.3) is 0 Å². The summed E-state index contributed by atoms with van der Waals surface area (Å²) in [6, 6.07) is 2.66. The Hall–Kier alpha value is -1.63. The van der Waals surface area contributed by atoms with E-state index in [9.17, 15) is 9.18 Å². The van der Waals surface area contributed by atoms with Crippen molar-refractivity contribution in [3.8, 4) is 0 Å². The number of hydrogen-bond acceptors (Lipinski definition) is 4. The number of thioether (sulfide) groups is 1. The Bertz CT molecular complexity index is 622. The average Bonchev–Trinajstić information content (AvgIpc) is 2.94. The molecule has 1 aromatic heterocycles. The molecule has 5 nitrogen and oxygen atoms in total. The van der Waals surface area contributed by atoms with Crippen molar-refractivity contribution >= 4 is 28.8 Å². The SMILES string of the molecule is O=C(O)c1cc2nnn(C3CCSC3)c2cc1F. The van der Waals surface area contributed by atoms with Crippen molar-refractivity contribution in [2.45, 2.75) is 12.5 Å². The van der Waals surface area contributed by atoms with Crippen LogP contribution in [0, 0.1) is 5.82 Å². The standard InChI is InChI=1S/C11H10FN3O2S/c12-8-4-10-9(3-7(8)11(16)17)13-14-15(10)6-1-2-18-5-6/h3-4,6H,1-2,5H2,(H,16,17). The zero-order chi connectivity index (χ0) is 12.7. The maximum Gasteiger partial charge on any atom is 0.338 e. The van der Waals surface area contributed by atoms with Crippen LogP contribution in [0.15, 0.2) is 12.1 Å². The van der Waals surface area contributed by atoms with E-state index in [1.54, 1.807) is 4.68 Å². The number of carboxylic acid groups (broad SMARTS) is 1. The first-order valence-electron chi connectivity index (χ1n) is 5.52. The Morgan fingerprint density at radius 3 is 3.06 bits per heavy atom. The number of nitrogens with zero attached hydrogens (tertiary/aromatic N) is 3. The van der Waals surface area contributed by atoms with Gasteiger partial charge in [-0.2, -0.15) is 11.8 Å². The molecule has 0 radical (unpaired) electrons. The second-order valence-electron chi connectivity index (χ2n) is 4.18. The zero-order valence-corrected chi connectivity index (χ0v) is 10.2. The van der Waals surface area contributed by atoms with Gasteiger partial charge in [0.05, 0.1) is 17.1 Å². The first-order chi connectivity index (χ1) is 8.66. The molecule has 0 saturated carbocycles. The van der Waals surface area contributed by atoms with E-state index in [0.29, 0.717) is 11.0 Å². The highest BCUT2D eigenvalue weighted by Crippen LogP contribution is 2.30. The van der Waals surface area contributed by atoms with Gasteiger partial charge in [0.2, 0.25) is 0 Å². The van der Waals surface area contributed by atoms with Gasteiger partial charge in [0, 0.05) is 11.8 Å². The van der Waals surface area contributed by atoms with E-state index in [4.69, 9.17) is 5.11 Å². The Morgan fingerprint density at radius 2 is 2.39 bits per heavy atom. The topological polar surface area (TPSA) is 68.0 Å². The summed E-state index contributed by atoms with van der Waals surface area (Å²) in [5.41, 5.74) is 0.617. The Labute approximate surface area is 106 Å². The number of aromatic carboxylic acids is 1. The van der Waals surface area contributed by atoms with Crippen molar-refractivity contribution in [3.63, 3.8) is 0 Å². The molecule has 3 rings (SSSR count). The molecule has 0 aliphatic carbocycles. The highest BCUT2D eigenvalue weighted by molar-refractivity contribution is 7.99. The molecule has 0 amide bonds. The van der Waals surface area contributed by atoms with E-state index >= 15 is 0 Å². The average molecular weight is 267 g/mol. The van der Waals surface area contributed by atoms with Gasteiger partial charge in [-0.05, 0) is 18.2 Å². The van der Waals surface area contributed by atoms with Crippen LogP contribution >= 0.6 is 11.8 Å². The normalized spacial score (nSPS) is 19.5. The van der Waals surface area contributed by atoms with Crippen molar-refractivity contribution in [1.29, 1.82) is 0 Å². The van der Waals surface area contributed by atoms with Gasteiger partial charge in [-0.15, -0.1) is 5.10 Å². The van der Waals surface area contributed by atoms with Gasteiger partial charge in [-0.25, -0.2) is 13.9 Å². The third-order valence-corrected chi connectivity index (χ3v) is 4.19. The minimum Gasteiger partial charge on any atom is -0.478 e. The van der Waals surface area contributed by atoms with E-state index < -0.39 is 11.8 Å². The minimum atomic E-state index is -1.29. The van der Waals surface area contributed by atoms with Gasteiger partial charge in [-0.1, -0.05) is 5.21 Å². The van der Waals surface area contributed by atoms with Crippen molar-refractivity contribution < 1.29 is 14.3 Å². The predicted octanol–water partition coefficient (Wildman–Crippen LogP) is 1.95. The van der Waals surface area contributed by atoms with Crippen molar-refractivity contribution in [1.82, 2.24) is 15.0 Å². The molecule has 1 aliphatic rings. The van der Waals surface area contributed by atoms with Gasteiger partial charge in [-0.3, -0.25) is 0 Å². The molecule has 0 spiro atoms. The minimum absolute atomic E-state index is 0.218. The van der Waals surface area contributed by atoms with Gasteiger partial charge >= 0.3 is 5.97 Å². The molecule has 2 aromatic rings. The van der Waals surface area contributed by atoms with Crippen molar-refractivity contribution in [3.05, 3.63) is 23.5 Å². The molecule has 18 heavy (non-hydrogen) atoms. The monoisotopic (exact) mass is 267 g/mol. The molecule has 0 bridgehead atoms. The Balaban J connectivity index is 2.14. The summed E-state index contributed by atoms with van der Waals surface area (Å²) in [6.07, 6.45) is 0.978. The van der Waals surface area contributed by atoms with Crippen LogP contribution in [0.5, 0.6) is 0 Å². The van der Waals surface area contributed by atoms with Crippen molar-refractivity contribution in [2.75, 3.05) is 11.5 Å². The number of benzene rings is 1. The molecular weight excluding hydrogens is 257 g/mol. The first kappa shape index (κ1) is 11.5. The van der Waals surface area contributed by atoms with E-state index in [0.717, 1.165) is 17.9 Å². The highest BCUT2D eigenvalue weighted by atomic mass is 32.2. The van der Waals surface area contributed by atoms with Crippen LogP contribution in [0.25, 0.3) is 11.0 Å². The summed E-state index contributed by atoms with van der Waals surface area (Å²) in [5.74, 6) is -0.0489. The van der Waals surface area contributed by atoms with Crippen LogP contribution in [0.1, 0.15) is 22.8 Å². The molecule has 1 unspecified atom stereocenters. The van der Waals surface area contributed by atoms with Crippen LogP contribution in [-0.4, -0.2) is 37.6 Å². The van der Waals surface area contributed by atoms with Gasteiger partial charge in [0.15, 0.2) is 0 Å². The number of carboxylic acids is 1. The summed E-state index contributed by atoms with van der Waals surface area (Å²) in [7, 11) is 0. The van der Waals surface area contributed by atoms with E-state index in [-0.39, 0.29) is 11.6 Å². The summed E-state index contributed by atoms with van der Waals surface area (Å²) >= 11 is 1.82. The first-order valence-corrected chi connectivity index (χ1v) is 6.68. The van der Waals surface area contributed by atoms with Gasteiger partial charge in [0.1, 0.15) is 11.3 Å². The number of carbonyl (C=O) groups is 1. The summed E-state index contributed by atoms with van der Waals surface area (Å²) in [5, 5.41) is 16.8. The molecule has 1 fully saturated rings. The summed E-state index contributed by atoms with van der Waals surface area (Å²) in [6.45, 7) is 0. The maximum atomic E-state index is 13.7. The second-order valence-corrected chi connectivity index (χ2v) is 5.33. The van der Waals surface area contributed by atoms with Crippen molar-refractivity contribution in [2.24, 2.45) is 0 Å². The number of fused-ring (bicyclic) bond motifs is 1. The smallest absolute Gasteiger partial charge is 0.338 e. The number of halogens is 1. The lowest BCUT2D eigenvalue weighted by Gasteiger charge is -2.09. The van der Waals surface area contributed by atoms with E-state index in [1.807, 2.05) is 11.8 Å². The van der Waals surface area contributed by atoms with E-state index in [2.05, 4.69) is 10.3 Å². The summed E-state index contributed by atoms with van der Waals surface area (Å²) in [4.78, 5) is 10.8. The molecule has 1 aliphatic heterocycles. The Morgan fingerprint density at radius 1 is 1.56 bits per heavy atom. The third-order valence-electron chi connectivity index (χ3n) is 3.04. The number of rotatable bonds is 2. The summed E-state index contributed by atoms with van der Waals surface area (Å²) < 4.78 is 15.4. The van der Waals surface area contributed by atoms with Crippen LogP contribution in [0.2, 0.25) is 0 Å². The fourth-order valence-electron chi connectivity index (χ4n) is 2.11. The Kier molecular flexibility index (Phi) is 2.70. The molecule has 1 atom stereocenters. The molecular formula is C11H10FN3O2S. The molecule has 1 saturated heterocycles. The number of hydrogen-bond donors (Lipinski definition) is 1. The third kappa shape index (κ3) is 1.74. The lowest BCUT2D eigenvalue weighted by molar-refractivity contribution is 0.0692. The fourth-order valence-corrected chi connectivity index (χ4v) is 3.29. The predicted molar refractivity (Wildman–Crippen MR) is 65.4 cm³/mol. The molecule has 1 N–H and O–H groups in total. The lowest BCUT2D eigenvalue weighted by atomic mass is 10.1. The fraction of sp³-hybridized carbons (Fsp3) is 0.364. The zero-order valence-electron chi connectivity index (χ0n) is 9.34. The largest absolute Gasteiger partial charge is 0.478 e. The van der Waals surface area contributed by atoms with Gasteiger partial charge < -0.3 is 5.11 Å². The highest BCUT2D eigenvalue weighted by Gasteiger charge is 2.22. The maximum absolute atomic E-state index is 13.7. The van der Waals surface area contributed by atoms with Crippen LogP contribution in [0.3, 0.4) is 0 Å². The van der Waals surface area contributed by atoms with Crippen LogP contribution in [-0.2, 0) is 0 Å². The second kappa shape index (κ2) is 4.24.